The number of hydrogen-bond acceptors (Lipinski definition) is 3. The van der Waals surface area contributed by atoms with Gasteiger partial charge in [0.2, 0.25) is 0 Å². The molecule has 0 bridgehead atoms. The van der Waals surface area contributed by atoms with Gasteiger partial charge in [-0.15, -0.1) is 0 Å². The average molecular weight is 234 g/mol. The van der Waals surface area contributed by atoms with Crippen molar-refractivity contribution < 1.29 is 4.42 Å². The molecule has 1 heterocycles. The van der Waals surface area contributed by atoms with Crippen LogP contribution >= 0.6 is 0 Å². The van der Waals surface area contributed by atoms with Crippen molar-refractivity contribution >= 4 is 11.1 Å². The zero-order valence-electron chi connectivity index (χ0n) is 10.3. The quantitative estimate of drug-likeness (QED) is 0.875. The molecule has 0 saturated carbocycles. The lowest BCUT2D eigenvalue weighted by Crippen LogP contribution is -2.15. The molecule has 1 atom stereocenters. The molecular weight excluding hydrogens is 216 g/mol. The van der Waals surface area contributed by atoms with Crippen molar-refractivity contribution in [2.45, 2.75) is 19.8 Å². The summed E-state index contributed by atoms with van der Waals surface area (Å²) in [6.07, 6.45) is 2.02. The van der Waals surface area contributed by atoms with Crippen molar-refractivity contribution in [1.82, 2.24) is 4.57 Å². The number of aryl methyl sites for hydroxylation is 1. The van der Waals surface area contributed by atoms with E-state index in [0.29, 0.717) is 18.0 Å². The van der Waals surface area contributed by atoms with Crippen molar-refractivity contribution in [2.24, 2.45) is 18.7 Å². The second kappa shape index (κ2) is 4.75. The molecule has 17 heavy (non-hydrogen) atoms. The summed E-state index contributed by atoms with van der Waals surface area (Å²) in [4.78, 5) is 11.4. The third-order valence-corrected chi connectivity index (χ3v) is 3.29. The van der Waals surface area contributed by atoms with E-state index < -0.39 is 0 Å². The maximum absolute atomic E-state index is 11.4. The van der Waals surface area contributed by atoms with Crippen LogP contribution in [0.15, 0.2) is 27.4 Å². The smallest absolute Gasteiger partial charge is 0.408 e. The number of nitrogens with zero attached hydrogens (tertiary/aromatic N) is 1. The first-order valence-electron chi connectivity index (χ1n) is 5.94. The molecule has 92 valence electrons. The van der Waals surface area contributed by atoms with Gasteiger partial charge in [-0.25, -0.2) is 4.79 Å². The van der Waals surface area contributed by atoms with Gasteiger partial charge < -0.3 is 10.2 Å². The predicted molar refractivity (Wildman–Crippen MR) is 68.0 cm³/mol. The van der Waals surface area contributed by atoms with Gasteiger partial charge in [-0.2, -0.15) is 0 Å². The number of aromatic nitrogens is 1. The Morgan fingerprint density at radius 2 is 2.24 bits per heavy atom. The molecule has 0 saturated heterocycles. The summed E-state index contributed by atoms with van der Waals surface area (Å²) in [5.74, 6) is 0.180. The monoisotopic (exact) mass is 234 g/mol. The second-order valence-electron chi connectivity index (χ2n) is 4.44. The largest absolute Gasteiger partial charge is 0.419 e. The lowest BCUT2D eigenvalue weighted by molar-refractivity contribution is 0.519. The van der Waals surface area contributed by atoms with Crippen molar-refractivity contribution in [3.8, 4) is 0 Å². The van der Waals surface area contributed by atoms with Crippen LogP contribution in [-0.4, -0.2) is 11.1 Å². The van der Waals surface area contributed by atoms with E-state index >= 15 is 0 Å². The lowest BCUT2D eigenvalue weighted by atomic mass is 9.97. The molecule has 2 N–H and O–H groups in total. The number of hydrogen-bond donors (Lipinski definition) is 1. The molecule has 0 spiro atoms. The summed E-state index contributed by atoms with van der Waals surface area (Å²) >= 11 is 0. The van der Waals surface area contributed by atoms with E-state index in [2.05, 4.69) is 6.92 Å². The molecule has 4 nitrogen and oxygen atoms in total. The summed E-state index contributed by atoms with van der Waals surface area (Å²) in [7, 11) is 1.72. The van der Waals surface area contributed by atoms with Gasteiger partial charge in [-0.3, -0.25) is 4.57 Å². The summed E-state index contributed by atoms with van der Waals surface area (Å²) in [6, 6.07) is 5.87. The van der Waals surface area contributed by atoms with Crippen molar-refractivity contribution in [1.29, 1.82) is 0 Å². The molecule has 0 aliphatic rings. The Hall–Kier alpha value is -1.55. The minimum Gasteiger partial charge on any atom is -0.408 e. The van der Waals surface area contributed by atoms with Crippen LogP contribution < -0.4 is 11.5 Å². The van der Waals surface area contributed by atoms with Gasteiger partial charge in [0.05, 0.1) is 5.52 Å². The Morgan fingerprint density at radius 1 is 1.47 bits per heavy atom. The zero-order valence-corrected chi connectivity index (χ0v) is 10.3. The van der Waals surface area contributed by atoms with E-state index in [1.165, 1.54) is 10.1 Å². The van der Waals surface area contributed by atoms with Gasteiger partial charge >= 0.3 is 5.76 Å². The van der Waals surface area contributed by atoms with Crippen LogP contribution in [0.5, 0.6) is 0 Å². The third-order valence-electron chi connectivity index (χ3n) is 3.29. The van der Waals surface area contributed by atoms with Crippen LogP contribution in [0.2, 0.25) is 0 Å². The molecule has 2 rings (SSSR count). The summed E-state index contributed by atoms with van der Waals surface area (Å²) < 4.78 is 6.62. The van der Waals surface area contributed by atoms with E-state index in [-0.39, 0.29) is 5.76 Å². The molecule has 1 aromatic heterocycles. The number of benzene rings is 1. The molecule has 1 aromatic carbocycles. The van der Waals surface area contributed by atoms with Crippen LogP contribution in [-0.2, 0) is 13.5 Å². The molecular formula is C13H18N2O2. The van der Waals surface area contributed by atoms with Crippen LogP contribution in [0.3, 0.4) is 0 Å². The standard InChI is InChI=1S/C13H18N2O2/c1-3-9(8-14)6-10-4-5-12-11(7-10)15(2)13(16)17-12/h4-5,7,9H,3,6,8,14H2,1-2H3. The van der Waals surface area contributed by atoms with Gasteiger partial charge in [-0.05, 0) is 36.6 Å². The topological polar surface area (TPSA) is 61.2 Å². The van der Waals surface area contributed by atoms with E-state index in [1.807, 2.05) is 18.2 Å². The van der Waals surface area contributed by atoms with E-state index in [1.54, 1.807) is 7.05 Å². The SMILES string of the molecule is CCC(CN)Cc1ccc2oc(=O)n(C)c2c1. The highest BCUT2D eigenvalue weighted by atomic mass is 16.4. The molecule has 2 aromatic rings. The Labute approximate surface area is 100 Å². The molecule has 0 amide bonds. The maximum atomic E-state index is 11.4. The highest BCUT2D eigenvalue weighted by Gasteiger charge is 2.09. The predicted octanol–water partition coefficient (Wildman–Crippen LogP) is 1.66. The minimum absolute atomic E-state index is 0.317. The van der Waals surface area contributed by atoms with Crippen LogP contribution in [0.1, 0.15) is 18.9 Å². The lowest BCUT2D eigenvalue weighted by Gasteiger charge is -2.11. The molecule has 0 fully saturated rings. The Bertz CT molecular complexity index is 564. The fourth-order valence-corrected chi connectivity index (χ4v) is 2.03. The summed E-state index contributed by atoms with van der Waals surface area (Å²) in [6.45, 7) is 2.84. The molecule has 0 aliphatic carbocycles. The number of fused-ring (bicyclic) bond motifs is 1. The third kappa shape index (κ3) is 2.26. The first-order chi connectivity index (χ1) is 8.15. The average Bonchev–Trinajstić information content (AvgIpc) is 2.62. The number of rotatable bonds is 4. The first-order valence-corrected chi connectivity index (χ1v) is 5.94. The first kappa shape index (κ1) is 11.9. The van der Waals surface area contributed by atoms with Crippen LogP contribution in [0.4, 0.5) is 0 Å². The van der Waals surface area contributed by atoms with Gasteiger partial charge in [0, 0.05) is 7.05 Å². The Kier molecular flexibility index (Phi) is 3.33. The van der Waals surface area contributed by atoms with E-state index in [0.717, 1.165) is 18.4 Å². The van der Waals surface area contributed by atoms with Crippen molar-refractivity contribution in [3.63, 3.8) is 0 Å². The second-order valence-corrected chi connectivity index (χ2v) is 4.44. The summed E-state index contributed by atoms with van der Waals surface area (Å²) in [5.41, 5.74) is 8.39. The highest BCUT2D eigenvalue weighted by Crippen LogP contribution is 2.17. The molecule has 4 heteroatoms. The van der Waals surface area contributed by atoms with Gasteiger partial charge in [0.1, 0.15) is 0 Å². The maximum Gasteiger partial charge on any atom is 0.419 e. The molecule has 0 aliphatic heterocycles. The fraction of sp³-hybridized carbons (Fsp3) is 0.462. The van der Waals surface area contributed by atoms with Crippen molar-refractivity contribution in [2.75, 3.05) is 6.54 Å². The highest BCUT2D eigenvalue weighted by molar-refractivity contribution is 5.73. The molecule has 0 radical (unpaired) electrons. The minimum atomic E-state index is -0.317. The number of oxazole rings is 1. The van der Waals surface area contributed by atoms with Crippen molar-refractivity contribution in [3.05, 3.63) is 34.3 Å². The normalized spacial score (nSPS) is 13.1. The van der Waals surface area contributed by atoms with Crippen LogP contribution in [0, 0.1) is 5.92 Å². The van der Waals surface area contributed by atoms with Crippen LogP contribution in [0.25, 0.3) is 11.1 Å². The van der Waals surface area contributed by atoms with E-state index in [4.69, 9.17) is 10.2 Å². The van der Waals surface area contributed by atoms with E-state index in [9.17, 15) is 4.79 Å². The molecule has 1 unspecified atom stereocenters. The Balaban J connectivity index is 2.37. The Morgan fingerprint density at radius 3 is 2.88 bits per heavy atom. The summed E-state index contributed by atoms with van der Waals surface area (Å²) in [5, 5.41) is 0. The van der Waals surface area contributed by atoms with Gasteiger partial charge in [0.25, 0.3) is 0 Å². The van der Waals surface area contributed by atoms with Gasteiger partial charge in [-0.1, -0.05) is 19.4 Å². The number of nitrogens with two attached hydrogens (primary N) is 1. The zero-order chi connectivity index (χ0) is 12.4. The fourth-order valence-electron chi connectivity index (χ4n) is 2.03. The van der Waals surface area contributed by atoms with Gasteiger partial charge in [0.15, 0.2) is 5.58 Å².